The van der Waals surface area contributed by atoms with Crippen LogP contribution in [0.25, 0.3) is 11.3 Å². The van der Waals surface area contributed by atoms with Gasteiger partial charge in [-0.1, -0.05) is 31.3 Å². The predicted molar refractivity (Wildman–Crippen MR) is 75.5 cm³/mol. The van der Waals surface area contributed by atoms with E-state index in [0.29, 0.717) is 28.1 Å². The molecule has 0 radical (unpaired) electrons. The molecule has 0 saturated carbocycles. The van der Waals surface area contributed by atoms with Crippen molar-refractivity contribution in [1.82, 2.24) is 9.97 Å². The number of H-pyrrole nitrogens is 1. The van der Waals surface area contributed by atoms with Crippen LogP contribution in [-0.2, 0) is 6.42 Å². The molecule has 1 N–H and O–H groups in total. The topological polar surface area (TPSA) is 37.9 Å². The van der Waals surface area contributed by atoms with Crippen LogP contribution < -0.4 is 4.74 Å². The molecule has 0 atom stereocenters. The molecule has 0 bridgehead atoms. The minimum atomic E-state index is -4.74. The first kappa shape index (κ1) is 15.5. The van der Waals surface area contributed by atoms with Crippen molar-refractivity contribution in [2.45, 2.75) is 26.1 Å². The molecule has 1 heterocycles. The third-order valence-corrected chi connectivity index (χ3v) is 2.89. The molecule has 0 amide bonds. The third-order valence-electron chi connectivity index (χ3n) is 2.68. The van der Waals surface area contributed by atoms with Crippen LogP contribution in [0.2, 0.25) is 0 Å². The van der Waals surface area contributed by atoms with E-state index in [1.54, 1.807) is 6.07 Å². The SMILES string of the molecule is CCCc1nc(=S)cc(-c2ccccc2OC(F)(F)F)[nH]1. The van der Waals surface area contributed by atoms with E-state index in [9.17, 15) is 13.2 Å². The van der Waals surface area contributed by atoms with Gasteiger partial charge in [-0.05, 0) is 24.6 Å². The minimum Gasteiger partial charge on any atom is -0.405 e. The van der Waals surface area contributed by atoms with Crippen LogP contribution in [0.1, 0.15) is 19.2 Å². The zero-order valence-corrected chi connectivity index (χ0v) is 12.0. The number of hydrogen-bond donors (Lipinski definition) is 1. The Balaban J connectivity index is 2.49. The van der Waals surface area contributed by atoms with Crippen LogP contribution in [0, 0.1) is 4.64 Å². The fourth-order valence-electron chi connectivity index (χ4n) is 1.91. The Morgan fingerprint density at radius 3 is 2.67 bits per heavy atom. The smallest absolute Gasteiger partial charge is 0.405 e. The second kappa shape index (κ2) is 6.26. The minimum absolute atomic E-state index is 0.274. The molecule has 2 rings (SSSR count). The number of aromatic nitrogens is 2. The molecule has 0 aliphatic heterocycles. The fraction of sp³-hybridized carbons (Fsp3) is 0.286. The maximum Gasteiger partial charge on any atom is 0.573 e. The molecule has 112 valence electrons. The van der Waals surface area contributed by atoms with Crippen LogP contribution in [0.5, 0.6) is 5.75 Å². The van der Waals surface area contributed by atoms with Crippen molar-refractivity contribution < 1.29 is 17.9 Å². The van der Waals surface area contributed by atoms with E-state index in [4.69, 9.17) is 12.2 Å². The molecule has 0 aliphatic rings. The first-order chi connectivity index (χ1) is 9.89. The van der Waals surface area contributed by atoms with E-state index in [-0.39, 0.29) is 5.75 Å². The Kier molecular flexibility index (Phi) is 4.62. The number of alkyl halides is 3. The van der Waals surface area contributed by atoms with Crippen molar-refractivity contribution in [1.29, 1.82) is 0 Å². The highest BCUT2D eigenvalue weighted by atomic mass is 32.1. The van der Waals surface area contributed by atoms with E-state index in [1.807, 2.05) is 6.92 Å². The number of nitrogens with zero attached hydrogens (tertiary/aromatic N) is 1. The lowest BCUT2D eigenvalue weighted by atomic mass is 10.1. The van der Waals surface area contributed by atoms with E-state index >= 15 is 0 Å². The van der Waals surface area contributed by atoms with Gasteiger partial charge in [0.1, 0.15) is 16.2 Å². The van der Waals surface area contributed by atoms with Crippen LogP contribution in [0.15, 0.2) is 30.3 Å². The fourth-order valence-corrected chi connectivity index (χ4v) is 2.14. The highest BCUT2D eigenvalue weighted by Crippen LogP contribution is 2.32. The van der Waals surface area contributed by atoms with Gasteiger partial charge in [0.2, 0.25) is 0 Å². The summed E-state index contributed by atoms with van der Waals surface area (Å²) in [7, 11) is 0. The lowest BCUT2D eigenvalue weighted by molar-refractivity contribution is -0.274. The number of rotatable bonds is 4. The molecule has 7 heteroatoms. The summed E-state index contributed by atoms with van der Waals surface area (Å²) in [5.41, 5.74) is 0.749. The highest BCUT2D eigenvalue weighted by molar-refractivity contribution is 7.71. The Hall–Kier alpha value is -1.89. The second-order valence-corrected chi connectivity index (χ2v) is 4.79. The van der Waals surface area contributed by atoms with Gasteiger partial charge >= 0.3 is 6.36 Å². The molecule has 1 aromatic carbocycles. The van der Waals surface area contributed by atoms with Gasteiger partial charge in [0.05, 0.1) is 5.69 Å². The van der Waals surface area contributed by atoms with Crippen molar-refractivity contribution in [3.63, 3.8) is 0 Å². The summed E-state index contributed by atoms with van der Waals surface area (Å²) in [6.45, 7) is 1.98. The summed E-state index contributed by atoms with van der Waals surface area (Å²) in [5.74, 6) is 0.367. The summed E-state index contributed by atoms with van der Waals surface area (Å²) in [6.07, 6.45) is -3.23. The van der Waals surface area contributed by atoms with Gasteiger partial charge in [0.25, 0.3) is 0 Å². The number of ether oxygens (including phenoxy) is 1. The number of nitrogens with one attached hydrogen (secondary N) is 1. The Morgan fingerprint density at radius 2 is 2.00 bits per heavy atom. The zero-order chi connectivity index (χ0) is 15.5. The second-order valence-electron chi connectivity index (χ2n) is 4.37. The summed E-state index contributed by atoms with van der Waals surface area (Å²) in [5, 5.41) is 0. The van der Waals surface area contributed by atoms with Crippen LogP contribution in [-0.4, -0.2) is 16.3 Å². The van der Waals surface area contributed by atoms with Crippen molar-refractivity contribution in [3.05, 3.63) is 40.8 Å². The van der Waals surface area contributed by atoms with Gasteiger partial charge in [-0.15, -0.1) is 13.2 Å². The highest BCUT2D eigenvalue weighted by Gasteiger charge is 2.32. The monoisotopic (exact) mass is 314 g/mol. The normalized spacial score (nSPS) is 11.4. The molecule has 0 spiro atoms. The third kappa shape index (κ3) is 4.29. The summed E-state index contributed by atoms with van der Waals surface area (Å²) < 4.78 is 41.7. The lowest BCUT2D eigenvalue weighted by Gasteiger charge is -2.13. The maximum absolute atomic E-state index is 12.5. The standard InChI is InChI=1S/C14H13F3N2OS/c1-2-5-12-18-10(8-13(21)19-12)9-6-3-4-7-11(9)20-14(15,16)17/h3-4,6-8H,2,5H2,1H3,(H,18,19,21). The molecule has 0 saturated heterocycles. The van der Waals surface area contributed by atoms with Crippen molar-refractivity contribution in [3.8, 4) is 17.0 Å². The maximum atomic E-state index is 12.5. The average molecular weight is 314 g/mol. The van der Waals surface area contributed by atoms with Crippen molar-refractivity contribution >= 4 is 12.2 Å². The summed E-state index contributed by atoms with van der Waals surface area (Å²) in [4.78, 5) is 7.15. The van der Waals surface area contributed by atoms with Crippen molar-refractivity contribution in [2.24, 2.45) is 0 Å². The van der Waals surface area contributed by atoms with E-state index < -0.39 is 6.36 Å². The first-order valence-corrected chi connectivity index (χ1v) is 6.75. The molecule has 3 nitrogen and oxygen atoms in total. The van der Waals surface area contributed by atoms with Gasteiger partial charge in [-0.25, -0.2) is 4.98 Å². The van der Waals surface area contributed by atoms with Crippen LogP contribution in [0.3, 0.4) is 0 Å². The average Bonchev–Trinajstić information content (AvgIpc) is 2.37. The molecular formula is C14H13F3N2OS. The number of halogens is 3. The number of aryl methyl sites for hydroxylation is 1. The quantitative estimate of drug-likeness (QED) is 0.834. The van der Waals surface area contributed by atoms with Gasteiger partial charge in [-0.3, -0.25) is 0 Å². The Bertz CT molecular complexity index is 682. The van der Waals surface area contributed by atoms with Gasteiger partial charge in [0.15, 0.2) is 0 Å². The summed E-state index contributed by atoms with van der Waals surface area (Å²) >= 11 is 5.06. The Morgan fingerprint density at radius 1 is 1.29 bits per heavy atom. The Labute approximate surface area is 124 Å². The molecule has 0 fully saturated rings. The van der Waals surface area contributed by atoms with Gasteiger partial charge in [-0.2, -0.15) is 0 Å². The number of aromatic amines is 1. The number of benzene rings is 1. The van der Waals surface area contributed by atoms with E-state index in [2.05, 4.69) is 14.7 Å². The molecule has 1 aromatic heterocycles. The van der Waals surface area contributed by atoms with Crippen LogP contribution >= 0.6 is 12.2 Å². The van der Waals surface area contributed by atoms with E-state index in [1.165, 1.54) is 24.3 Å². The largest absolute Gasteiger partial charge is 0.573 e. The molecular weight excluding hydrogens is 301 g/mol. The van der Waals surface area contributed by atoms with Crippen molar-refractivity contribution in [2.75, 3.05) is 0 Å². The molecule has 2 aromatic rings. The van der Waals surface area contributed by atoms with E-state index in [0.717, 1.165) is 6.42 Å². The molecule has 0 unspecified atom stereocenters. The van der Waals surface area contributed by atoms with Gasteiger partial charge in [0, 0.05) is 12.0 Å². The number of para-hydroxylation sites is 1. The lowest BCUT2D eigenvalue weighted by Crippen LogP contribution is -2.17. The molecule has 0 aliphatic carbocycles. The van der Waals surface area contributed by atoms with Crippen LogP contribution in [0.4, 0.5) is 13.2 Å². The zero-order valence-electron chi connectivity index (χ0n) is 11.2. The molecule has 21 heavy (non-hydrogen) atoms. The number of hydrogen-bond acceptors (Lipinski definition) is 3. The summed E-state index contributed by atoms with van der Waals surface area (Å²) in [6, 6.07) is 7.44. The predicted octanol–water partition coefficient (Wildman–Crippen LogP) is 4.66. The first-order valence-electron chi connectivity index (χ1n) is 6.34. The van der Waals surface area contributed by atoms with Gasteiger partial charge < -0.3 is 9.72 Å².